The smallest absolute Gasteiger partial charge is 0.243 e. The monoisotopic (exact) mass is 433 g/mol. The number of hydrogen-bond acceptors (Lipinski definition) is 4. The zero-order chi connectivity index (χ0) is 21.0. The number of likely N-dealkylation sites (tertiary alicyclic amines) is 1. The Hall–Kier alpha value is -1.44. The van der Waals surface area contributed by atoms with E-state index in [2.05, 4.69) is 10.2 Å². The molecule has 0 aromatic heterocycles. The molecule has 2 aliphatic heterocycles. The zero-order valence-corrected chi connectivity index (χ0v) is 18.7. The van der Waals surface area contributed by atoms with E-state index in [1.807, 2.05) is 0 Å². The molecule has 2 heterocycles. The fourth-order valence-electron chi connectivity index (χ4n) is 5.34. The minimum atomic E-state index is -3.66. The van der Waals surface area contributed by atoms with Crippen LogP contribution in [-0.4, -0.2) is 61.3 Å². The van der Waals surface area contributed by atoms with Crippen LogP contribution in [0.2, 0.25) is 0 Å². The van der Waals surface area contributed by atoms with E-state index in [-0.39, 0.29) is 16.8 Å². The van der Waals surface area contributed by atoms with Crippen molar-refractivity contribution in [3.63, 3.8) is 0 Å². The van der Waals surface area contributed by atoms with E-state index < -0.39 is 16.1 Å². The molecule has 0 bridgehead atoms. The molecule has 1 N–H and O–H groups in total. The second-order valence-electron chi connectivity index (χ2n) is 9.07. The van der Waals surface area contributed by atoms with Gasteiger partial charge in [-0.3, -0.25) is 9.69 Å². The van der Waals surface area contributed by atoms with E-state index in [1.54, 1.807) is 30.3 Å². The predicted octanol–water partition coefficient (Wildman–Crippen LogP) is 3.14. The number of carbonyl (C=O) groups excluding carboxylic acids is 1. The Morgan fingerprint density at radius 2 is 1.57 bits per heavy atom. The van der Waals surface area contributed by atoms with Gasteiger partial charge in [-0.05, 0) is 44.2 Å². The Labute approximate surface area is 181 Å². The van der Waals surface area contributed by atoms with Gasteiger partial charge in [-0.2, -0.15) is 4.31 Å². The van der Waals surface area contributed by atoms with Gasteiger partial charge in [-0.1, -0.05) is 50.3 Å². The Morgan fingerprint density at radius 3 is 2.30 bits per heavy atom. The Morgan fingerprint density at radius 1 is 0.867 bits per heavy atom. The highest BCUT2D eigenvalue weighted by Gasteiger charge is 2.39. The molecule has 2 unspecified atom stereocenters. The molecular weight excluding hydrogens is 398 g/mol. The molecular formula is C23H35N3O3S. The van der Waals surface area contributed by atoms with Crippen molar-refractivity contribution < 1.29 is 13.2 Å². The number of nitrogens with zero attached hydrogens (tertiary/aromatic N) is 2. The van der Waals surface area contributed by atoms with Crippen molar-refractivity contribution in [2.75, 3.05) is 19.6 Å². The lowest BCUT2D eigenvalue weighted by Gasteiger charge is -2.34. The van der Waals surface area contributed by atoms with Gasteiger partial charge in [0.25, 0.3) is 0 Å². The van der Waals surface area contributed by atoms with Crippen molar-refractivity contribution in [3.8, 4) is 0 Å². The van der Waals surface area contributed by atoms with Crippen LogP contribution < -0.4 is 5.32 Å². The van der Waals surface area contributed by atoms with Crippen molar-refractivity contribution in [3.05, 3.63) is 30.3 Å². The molecule has 3 aliphatic rings. The Bertz CT molecular complexity index is 806. The third-order valence-corrected chi connectivity index (χ3v) is 8.94. The number of piperidine rings is 1. The number of benzene rings is 1. The van der Waals surface area contributed by atoms with E-state index in [4.69, 9.17) is 0 Å². The first kappa shape index (κ1) is 21.8. The number of rotatable bonds is 5. The van der Waals surface area contributed by atoms with Crippen molar-refractivity contribution in [1.29, 1.82) is 0 Å². The molecule has 1 saturated carbocycles. The maximum atomic E-state index is 13.2. The zero-order valence-electron chi connectivity index (χ0n) is 17.8. The van der Waals surface area contributed by atoms with E-state index >= 15 is 0 Å². The average molecular weight is 434 g/mol. The molecule has 0 radical (unpaired) electrons. The number of sulfonamides is 1. The molecule has 3 fully saturated rings. The normalized spacial score (nSPS) is 27.6. The van der Waals surface area contributed by atoms with Crippen LogP contribution in [-0.2, 0) is 14.8 Å². The number of nitrogens with one attached hydrogen (secondary N) is 1. The minimum Gasteiger partial charge on any atom is -0.351 e. The molecule has 1 aromatic rings. The highest BCUT2D eigenvalue weighted by atomic mass is 32.2. The van der Waals surface area contributed by atoms with E-state index in [1.165, 1.54) is 42.8 Å². The van der Waals surface area contributed by atoms with Crippen molar-refractivity contribution in [2.24, 2.45) is 0 Å². The van der Waals surface area contributed by atoms with Gasteiger partial charge >= 0.3 is 0 Å². The number of amides is 1. The lowest BCUT2D eigenvalue weighted by atomic mass is 10.0. The average Bonchev–Trinajstić information content (AvgIpc) is 3.06. The maximum absolute atomic E-state index is 13.2. The second kappa shape index (κ2) is 9.79. The van der Waals surface area contributed by atoms with Crippen LogP contribution >= 0.6 is 0 Å². The molecule has 2 atom stereocenters. The summed E-state index contributed by atoms with van der Waals surface area (Å²) in [5, 5.41) is 3.20. The summed E-state index contributed by atoms with van der Waals surface area (Å²) in [6.45, 7) is 2.34. The van der Waals surface area contributed by atoms with Crippen LogP contribution in [0.4, 0.5) is 0 Å². The molecule has 2 saturated heterocycles. The third kappa shape index (κ3) is 4.89. The Balaban J connectivity index is 1.39. The first-order chi connectivity index (χ1) is 14.6. The molecule has 1 aliphatic carbocycles. The Kier molecular flexibility index (Phi) is 7.11. The predicted molar refractivity (Wildman–Crippen MR) is 118 cm³/mol. The first-order valence-electron chi connectivity index (χ1n) is 11.7. The van der Waals surface area contributed by atoms with Crippen LogP contribution in [0.5, 0.6) is 0 Å². The standard InChI is InChI=1S/C23H35N3O3S/c27-23(24-19-15-17-25(18-19)20-10-4-1-2-5-11-20)22-14-8-9-16-26(22)30(28,29)21-12-6-3-7-13-21/h3,6-7,12-13,19-20,22H,1-2,4-5,8-11,14-18H2,(H,24,27). The fraction of sp³-hybridized carbons (Fsp3) is 0.696. The van der Waals surface area contributed by atoms with Crippen molar-refractivity contribution >= 4 is 15.9 Å². The minimum absolute atomic E-state index is 0.123. The summed E-state index contributed by atoms with van der Waals surface area (Å²) in [5.74, 6) is -0.123. The van der Waals surface area contributed by atoms with Crippen LogP contribution in [0.15, 0.2) is 35.2 Å². The van der Waals surface area contributed by atoms with Gasteiger partial charge in [0.05, 0.1) is 4.90 Å². The quantitative estimate of drug-likeness (QED) is 0.725. The topological polar surface area (TPSA) is 69.7 Å². The number of hydrogen-bond donors (Lipinski definition) is 1. The van der Waals surface area contributed by atoms with Gasteiger partial charge in [0.1, 0.15) is 6.04 Å². The molecule has 30 heavy (non-hydrogen) atoms. The summed E-state index contributed by atoms with van der Waals surface area (Å²) >= 11 is 0. The van der Waals surface area contributed by atoms with Crippen LogP contribution in [0.1, 0.15) is 64.2 Å². The van der Waals surface area contributed by atoms with Gasteiger partial charge < -0.3 is 5.32 Å². The highest BCUT2D eigenvalue weighted by Crippen LogP contribution is 2.27. The maximum Gasteiger partial charge on any atom is 0.243 e. The summed E-state index contributed by atoms with van der Waals surface area (Å²) in [7, 11) is -3.66. The van der Waals surface area contributed by atoms with Gasteiger partial charge in [0.15, 0.2) is 0 Å². The lowest BCUT2D eigenvalue weighted by Crippen LogP contribution is -2.54. The van der Waals surface area contributed by atoms with Gasteiger partial charge in [0, 0.05) is 31.7 Å². The lowest BCUT2D eigenvalue weighted by molar-refractivity contribution is -0.126. The van der Waals surface area contributed by atoms with Crippen LogP contribution in [0.3, 0.4) is 0 Å². The van der Waals surface area contributed by atoms with Crippen molar-refractivity contribution in [1.82, 2.24) is 14.5 Å². The van der Waals surface area contributed by atoms with Gasteiger partial charge in [-0.25, -0.2) is 8.42 Å². The van der Waals surface area contributed by atoms with Gasteiger partial charge in [-0.15, -0.1) is 0 Å². The summed E-state index contributed by atoms with van der Waals surface area (Å²) in [4.78, 5) is 16.0. The second-order valence-corrected chi connectivity index (χ2v) is 11.0. The molecule has 1 aromatic carbocycles. The van der Waals surface area contributed by atoms with Crippen LogP contribution in [0, 0.1) is 0 Å². The summed E-state index contributed by atoms with van der Waals surface area (Å²) in [6, 6.07) is 8.67. The molecule has 6 nitrogen and oxygen atoms in total. The molecule has 7 heteroatoms. The third-order valence-electron chi connectivity index (χ3n) is 7.01. The molecule has 166 valence electrons. The summed E-state index contributed by atoms with van der Waals surface area (Å²) in [5.41, 5.74) is 0. The highest BCUT2D eigenvalue weighted by molar-refractivity contribution is 7.89. The summed E-state index contributed by atoms with van der Waals surface area (Å²) in [6.07, 6.45) is 11.1. The molecule has 1 amide bonds. The van der Waals surface area contributed by atoms with E-state index in [9.17, 15) is 13.2 Å². The van der Waals surface area contributed by atoms with Gasteiger partial charge in [0.2, 0.25) is 15.9 Å². The molecule has 4 rings (SSSR count). The SMILES string of the molecule is O=C(NC1CCN(C2CCCCCC2)C1)C1CCCCN1S(=O)(=O)c1ccccc1. The largest absolute Gasteiger partial charge is 0.351 e. The van der Waals surface area contributed by atoms with E-state index in [0.29, 0.717) is 19.0 Å². The summed E-state index contributed by atoms with van der Waals surface area (Å²) < 4.78 is 27.8. The molecule has 0 spiro atoms. The van der Waals surface area contributed by atoms with Crippen LogP contribution in [0.25, 0.3) is 0 Å². The number of carbonyl (C=O) groups is 1. The van der Waals surface area contributed by atoms with E-state index in [0.717, 1.165) is 32.4 Å². The van der Waals surface area contributed by atoms with Crippen molar-refractivity contribution in [2.45, 2.75) is 87.2 Å². The fourth-order valence-corrected chi connectivity index (χ4v) is 7.02. The first-order valence-corrected chi connectivity index (χ1v) is 13.1.